The smallest absolute Gasteiger partial charge is 0.407 e. The molecule has 0 aliphatic heterocycles. The van der Waals surface area contributed by atoms with Crippen LogP contribution in [0.3, 0.4) is 0 Å². The Hall–Kier alpha value is -4.70. The van der Waals surface area contributed by atoms with Crippen LogP contribution in [0.2, 0.25) is 0 Å². The van der Waals surface area contributed by atoms with Crippen LogP contribution in [0.25, 0.3) is 11.1 Å². The average Bonchev–Trinajstić information content (AvgIpc) is 3.31. The minimum atomic E-state index is -1.34. The van der Waals surface area contributed by atoms with Gasteiger partial charge in [0.2, 0.25) is 5.91 Å². The number of amides is 2. The fourth-order valence-corrected chi connectivity index (χ4v) is 5.14. The number of nitrogens with zero attached hydrogens (tertiary/aromatic N) is 1. The third-order valence-corrected chi connectivity index (χ3v) is 7.22. The number of esters is 1. The molecule has 10 nitrogen and oxygen atoms in total. The Balaban J connectivity index is 1.45. The van der Waals surface area contributed by atoms with E-state index >= 15 is 0 Å². The van der Waals surface area contributed by atoms with E-state index < -0.39 is 36.0 Å². The van der Waals surface area contributed by atoms with Gasteiger partial charge >= 0.3 is 18.0 Å². The first-order valence-electron chi connectivity index (χ1n) is 13.7. The minimum Gasteiger partial charge on any atom is -0.480 e. The molecule has 0 radical (unpaired) electrons. The zero-order valence-corrected chi connectivity index (χ0v) is 23.6. The van der Waals surface area contributed by atoms with E-state index in [1.54, 1.807) is 7.05 Å². The number of benzene rings is 3. The molecular formula is C32H35N3O7. The van der Waals surface area contributed by atoms with Gasteiger partial charge < -0.3 is 25.2 Å². The van der Waals surface area contributed by atoms with Crippen LogP contribution in [0.4, 0.5) is 4.79 Å². The number of aliphatic carboxylic acids is 1. The maximum absolute atomic E-state index is 13.3. The molecule has 3 aromatic carbocycles. The molecule has 0 bridgehead atoms. The first kappa shape index (κ1) is 30.3. The fraction of sp³-hybridized carbons (Fsp3) is 0.312. The van der Waals surface area contributed by atoms with Gasteiger partial charge in [0.05, 0.1) is 7.11 Å². The number of carboxylic acids is 1. The maximum atomic E-state index is 13.3. The normalized spacial score (nSPS) is 13.4. The number of rotatable bonds is 13. The van der Waals surface area contributed by atoms with Crippen LogP contribution >= 0.6 is 0 Å². The number of ether oxygens (including phenoxy) is 2. The summed E-state index contributed by atoms with van der Waals surface area (Å²) in [6.45, 7) is 0.626. The van der Waals surface area contributed by atoms with Crippen molar-refractivity contribution in [3.8, 4) is 11.1 Å². The third kappa shape index (κ3) is 7.73. The Morgan fingerprint density at radius 1 is 0.857 bits per heavy atom. The van der Waals surface area contributed by atoms with Gasteiger partial charge in [-0.1, -0.05) is 78.9 Å². The number of carbonyl (C=O) groups is 4. The molecule has 42 heavy (non-hydrogen) atoms. The van der Waals surface area contributed by atoms with E-state index in [1.165, 1.54) is 7.11 Å². The molecule has 3 N–H and O–H groups in total. The SMILES string of the molecule is COC(=O)CC[C@H](NC(=O)C(CN(C)Cc1ccccc1)NC(=O)OCC1c2ccccc2-c2ccccc21)C(=O)O. The lowest BCUT2D eigenvalue weighted by molar-refractivity contribution is -0.144. The van der Waals surface area contributed by atoms with E-state index in [4.69, 9.17) is 4.74 Å². The van der Waals surface area contributed by atoms with Gasteiger partial charge in [-0.05, 0) is 41.3 Å². The predicted octanol–water partition coefficient (Wildman–Crippen LogP) is 3.55. The molecule has 0 spiro atoms. The Morgan fingerprint density at radius 2 is 1.45 bits per heavy atom. The van der Waals surface area contributed by atoms with Crippen molar-refractivity contribution in [2.75, 3.05) is 27.3 Å². The number of likely N-dealkylation sites (N-methyl/N-ethyl adjacent to an activating group) is 1. The van der Waals surface area contributed by atoms with Crippen LogP contribution in [-0.4, -0.2) is 73.3 Å². The monoisotopic (exact) mass is 573 g/mol. The number of hydrogen-bond acceptors (Lipinski definition) is 7. The molecule has 220 valence electrons. The van der Waals surface area contributed by atoms with Crippen molar-refractivity contribution in [1.82, 2.24) is 15.5 Å². The van der Waals surface area contributed by atoms with Crippen molar-refractivity contribution < 1.29 is 33.8 Å². The highest BCUT2D eigenvalue weighted by molar-refractivity contribution is 5.89. The van der Waals surface area contributed by atoms with E-state index in [9.17, 15) is 24.3 Å². The zero-order valence-electron chi connectivity index (χ0n) is 23.6. The van der Waals surface area contributed by atoms with Gasteiger partial charge in [-0.2, -0.15) is 0 Å². The number of carboxylic acid groups (broad SMARTS) is 1. The van der Waals surface area contributed by atoms with E-state index in [1.807, 2.05) is 83.8 Å². The van der Waals surface area contributed by atoms with Gasteiger partial charge in [-0.15, -0.1) is 0 Å². The van der Waals surface area contributed by atoms with Gasteiger partial charge in [0.15, 0.2) is 0 Å². The van der Waals surface area contributed by atoms with Crippen molar-refractivity contribution >= 4 is 23.9 Å². The van der Waals surface area contributed by atoms with E-state index in [0.29, 0.717) is 6.54 Å². The Kier molecular flexibility index (Phi) is 10.3. The van der Waals surface area contributed by atoms with Gasteiger partial charge in [0.25, 0.3) is 0 Å². The number of nitrogens with one attached hydrogen (secondary N) is 2. The molecule has 0 fully saturated rings. The van der Waals surface area contributed by atoms with Crippen LogP contribution < -0.4 is 10.6 Å². The summed E-state index contributed by atoms with van der Waals surface area (Å²) in [4.78, 5) is 51.5. The number of fused-ring (bicyclic) bond motifs is 3. The molecule has 0 aromatic heterocycles. The largest absolute Gasteiger partial charge is 0.480 e. The van der Waals surface area contributed by atoms with Crippen molar-refractivity contribution in [2.24, 2.45) is 0 Å². The summed E-state index contributed by atoms with van der Waals surface area (Å²) < 4.78 is 10.2. The van der Waals surface area contributed by atoms with Crippen molar-refractivity contribution in [3.63, 3.8) is 0 Å². The number of methoxy groups -OCH3 is 1. The molecular weight excluding hydrogens is 538 g/mol. The predicted molar refractivity (Wildman–Crippen MR) is 156 cm³/mol. The van der Waals surface area contributed by atoms with Gasteiger partial charge in [0, 0.05) is 25.4 Å². The lowest BCUT2D eigenvalue weighted by Gasteiger charge is -2.26. The summed E-state index contributed by atoms with van der Waals surface area (Å²) in [5, 5.41) is 14.7. The van der Waals surface area contributed by atoms with Gasteiger partial charge in [-0.3, -0.25) is 14.5 Å². The molecule has 1 aliphatic carbocycles. The Morgan fingerprint density at radius 3 is 2.05 bits per heavy atom. The standard InChI is InChI=1S/C32H35N3O7/c1-35(18-21-10-4-3-5-11-21)19-28(30(37)33-27(31(38)39)16-17-29(36)41-2)34-32(40)42-20-26-24-14-8-6-12-22(24)23-13-7-9-15-25(23)26/h3-15,26-28H,16-20H2,1-2H3,(H,33,37)(H,34,40)(H,38,39)/t27-,28?/m0/s1. The maximum Gasteiger partial charge on any atom is 0.407 e. The van der Waals surface area contributed by atoms with E-state index in [2.05, 4.69) is 15.4 Å². The number of hydrogen-bond donors (Lipinski definition) is 3. The third-order valence-electron chi connectivity index (χ3n) is 7.22. The topological polar surface area (TPSA) is 134 Å². The highest BCUT2D eigenvalue weighted by atomic mass is 16.5. The highest BCUT2D eigenvalue weighted by Crippen LogP contribution is 2.44. The molecule has 10 heteroatoms. The summed E-state index contributed by atoms with van der Waals surface area (Å²) in [6.07, 6.45) is -1.15. The Labute approximate surface area is 244 Å². The summed E-state index contributed by atoms with van der Waals surface area (Å²) >= 11 is 0. The summed E-state index contributed by atoms with van der Waals surface area (Å²) in [5.74, 6) is -2.76. The lowest BCUT2D eigenvalue weighted by Crippen LogP contribution is -2.55. The van der Waals surface area contributed by atoms with Crippen LogP contribution in [0.15, 0.2) is 78.9 Å². The van der Waals surface area contributed by atoms with Crippen LogP contribution in [-0.2, 0) is 30.4 Å². The van der Waals surface area contributed by atoms with Crippen molar-refractivity contribution in [3.05, 3.63) is 95.6 Å². The first-order valence-corrected chi connectivity index (χ1v) is 13.7. The quantitative estimate of drug-likeness (QED) is 0.265. The molecule has 3 aromatic rings. The summed E-state index contributed by atoms with van der Waals surface area (Å²) in [7, 11) is 2.99. The zero-order chi connectivity index (χ0) is 30.1. The van der Waals surface area contributed by atoms with Crippen LogP contribution in [0.1, 0.15) is 35.4 Å². The molecule has 2 atom stereocenters. The minimum absolute atomic E-state index is 0.0605. The van der Waals surface area contributed by atoms with Crippen molar-refractivity contribution in [2.45, 2.75) is 37.4 Å². The molecule has 2 amide bonds. The molecule has 1 unspecified atom stereocenters. The first-order chi connectivity index (χ1) is 20.3. The molecule has 0 saturated heterocycles. The van der Waals surface area contributed by atoms with Crippen LogP contribution in [0.5, 0.6) is 0 Å². The average molecular weight is 574 g/mol. The summed E-state index contributed by atoms with van der Waals surface area (Å²) in [5.41, 5.74) is 5.29. The molecule has 4 rings (SSSR count). The Bertz CT molecular complexity index is 1370. The second-order valence-electron chi connectivity index (χ2n) is 10.2. The molecule has 0 heterocycles. The fourth-order valence-electron chi connectivity index (χ4n) is 5.14. The van der Waals surface area contributed by atoms with Gasteiger partial charge in [-0.25, -0.2) is 9.59 Å². The summed E-state index contributed by atoms with van der Waals surface area (Å²) in [6, 6.07) is 23.0. The number of alkyl carbamates (subject to hydrolysis) is 1. The lowest BCUT2D eigenvalue weighted by atomic mass is 9.98. The highest BCUT2D eigenvalue weighted by Gasteiger charge is 2.31. The van der Waals surface area contributed by atoms with Crippen molar-refractivity contribution in [1.29, 1.82) is 0 Å². The van der Waals surface area contributed by atoms with Crippen LogP contribution in [0, 0.1) is 0 Å². The van der Waals surface area contributed by atoms with E-state index in [-0.39, 0.29) is 31.9 Å². The molecule has 0 saturated carbocycles. The molecule has 1 aliphatic rings. The second-order valence-corrected chi connectivity index (χ2v) is 10.2. The second kappa shape index (κ2) is 14.3. The van der Waals surface area contributed by atoms with E-state index in [0.717, 1.165) is 27.8 Å². The number of carbonyl (C=O) groups excluding carboxylic acids is 3. The van der Waals surface area contributed by atoms with Gasteiger partial charge in [0.1, 0.15) is 18.7 Å².